The summed E-state index contributed by atoms with van der Waals surface area (Å²) in [6.45, 7) is -0.407. The highest BCUT2D eigenvalue weighted by atomic mass is 32.2. The Morgan fingerprint density at radius 2 is 1.78 bits per heavy atom. The van der Waals surface area contributed by atoms with Gasteiger partial charge in [-0.1, -0.05) is 0 Å². The van der Waals surface area contributed by atoms with Crippen LogP contribution in [0.15, 0.2) is 0 Å². The fourth-order valence-electron chi connectivity index (χ4n) is 1.52. The maximum absolute atomic E-state index is 11.0. The van der Waals surface area contributed by atoms with Crippen molar-refractivity contribution >= 4 is 20.2 Å². The summed E-state index contributed by atoms with van der Waals surface area (Å²) >= 11 is 0. The molecule has 1 fully saturated rings. The highest BCUT2D eigenvalue weighted by molar-refractivity contribution is 7.86. The summed E-state index contributed by atoms with van der Waals surface area (Å²) in [6.07, 6.45) is -0.742. The molecule has 1 aliphatic heterocycles. The molecule has 0 aromatic rings. The molecule has 1 heterocycles. The van der Waals surface area contributed by atoms with Gasteiger partial charge < -0.3 is 9.84 Å². The van der Waals surface area contributed by atoms with Crippen molar-refractivity contribution in [3.63, 3.8) is 0 Å². The van der Waals surface area contributed by atoms with Crippen LogP contribution in [0.3, 0.4) is 0 Å². The molecule has 0 aromatic heterocycles. The molecule has 18 heavy (non-hydrogen) atoms. The van der Waals surface area contributed by atoms with Crippen molar-refractivity contribution in [3.05, 3.63) is 0 Å². The molecule has 0 aromatic carbocycles. The molecule has 1 N–H and O–H groups in total. The smallest absolute Gasteiger partial charge is 0.264 e. The van der Waals surface area contributed by atoms with E-state index in [-0.39, 0.29) is 12.8 Å². The first-order chi connectivity index (χ1) is 8.07. The number of aliphatic hydroxyl groups is 1. The van der Waals surface area contributed by atoms with Gasteiger partial charge in [-0.05, 0) is 6.42 Å². The molecule has 3 atom stereocenters. The van der Waals surface area contributed by atoms with Crippen LogP contribution in [-0.2, 0) is 33.3 Å². The topological polar surface area (TPSA) is 116 Å². The van der Waals surface area contributed by atoms with E-state index >= 15 is 0 Å². The van der Waals surface area contributed by atoms with Crippen molar-refractivity contribution in [2.75, 3.05) is 19.1 Å². The summed E-state index contributed by atoms with van der Waals surface area (Å²) in [5, 5.41) is 9.29. The summed E-state index contributed by atoms with van der Waals surface area (Å²) in [6, 6.07) is 0. The van der Waals surface area contributed by atoms with E-state index in [1.54, 1.807) is 0 Å². The fraction of sp³-hybridized carbons (Fsp3) is 1.00. The van der Waals surface area contributed by atoms with E-state index in [1.807, 2.05) is 0 Å². The van der Waals surface area contributed by atoms with Crippen molar-refractivity contribution in [2.45, 2.75) is 31.3 Å². The third-order valence-electron chi connectivity index (χ3n) is 2.19. The predicted octanol–water partition coefficient (Wildman–Crippen LogP) is -1.20. The van der Waals surface area contributed by atoms with Gasteiger partial charge in [0.25, 0.3) is 20.2 Å². The zero-order valence-corrected chi connectivity index (χ0v) is 11.6. The Balaban J connectivity index is 2.68. The van der Waals surface area contributed by atoms with Gasteiger partial charge >= 0.3 is 0 Å². The van der Waals surface area contributed by atoms with Crippen LogP contribution in [0, 0.1) is 0 Å². The second-order valence-corrected chi connectivity index (χ2v) is 7.28. The van der Waals surface area contributed by atoms with Gasteiger partial charge in [-0.25, -0.2) is 0 Å². The van der Waals surface area contributed by atoms with Crippen LogP contribution in [0.5, 0.6) is 0 Å². The van der Waals surface area contributed by atoms with Gasteiger partial charge in [-0.2, -0.15) is 16.8 Å². The minimum atomic E-state index is -3.69. The standard InChI is InChI=1S/C8H16O8S2/c1-17(10,11)14-5-7-6(16-18(2,12)13)3-4-8(9)15-7/h6-9H,3-5H2,1-2H3/t6-,7+,8-/m0/s1. The van der Waals surface area contributed by atoms with E-state index in [0.717, 1.165) is 12.5 Å². The quantitative estimate of drug-likeness (QED) is 0.630. The van der Waals surface area contributed by atoms with E-state index in [1.165, 1.54) is 0 Å². The Hall–Kier alpha value is -0.260. The van der Waals surface area contributed by atoms with Crippen LogP contribution in [0.4, 0.5) is 0 Å². The van der Waals surface area contributed by atoms with Gasteiger partial charge in [0.05, 0.1) is 19.1 Å². The van der Waals surface area contributed by atoms with Gasteiger partial charge in [-0.15, -0.1) is 0 Å². The van der Waals surface area contributed by atoms with Gasteiger partial charge in [0.1, 0.15) is 12.2 Å². The third-order valence-corrected chi connectivity index (χ3v) is 3.35. The highest BCUT2D eigenvalue weighted by Gasteiger charge is 2.34. The number of ether oxygens (including phenoxy) is 1. The molecule has 0 bridgehead atoms. The average Bonchev–Trinajstić information content (AvgIpc) is 2.15. The zero-order valence-electron chi connectivity index (χ0n) is 9.97. The maximum Gasteiger partial charge on any atom is 0.264 e. The first-order valence-corrected chi connectivity index (χ1v) is 8.76. The first-order valence-electron chi connectivity index (χ1n) is 5.13. The largest absolute Gasteiger partial charge is 0.368 e. The third kappa shape index (κ3) is 6.07. The molecule has 0 saturated carbocycles. The molecular weight excluding hydrogens is 288 g/mol. The van der Waals surface area contributed by atoms with Gasteiger partial charge in [0.2, 0.25) is 0 Å². The molecule has 0 amide bonds. The molecule has 1 saturated heterocycles. The summed E-state index contributed by atoms with van der Waals surface area (Å²) in [5.41, 5.74) is 0. The number of hydrogen-bond donors (Lipinski definition) is 1. The lowest BCUT2D eigenvalue weighted by Crippen LogP contribution is -2.44. The molecule has 0 radical (unpaired) electrons. The van der Waals surface area contributed by atoms with Crippen LogP contribution in [-0.4, -0.2) is 59.6 Å². The Morgan fingerprint density at radius 1 is 1.17 bits per heavy atom. The summed E-state index contributed by atoms with van der Waals surface area (Å²) in [5.74, 6) is 0. The molecule has 8 nitrogen and oxygen atoms in total. The fourth-order valence-corrected chi connectivity index (χ4v) is 2.57. The Kier molecular flexibility index (Phi) is 5.09. The highest BCUT2D eigenvalue weighted by Crippen LogP contribution is 2.22. The second-order valence-electron chi connectivity index (χ2n) is 4.03. The lowest BCUT2D eigenvalue weighted by molar-refractivity contribution is -0.199. The first kappa shape index (κ1) is 15.8. The van der Waals surface area contributed by atoms with Crippen LogP contribution in [0.25, 0.3) is 0 Å². The number of hydrogen-bond acceptors (Lipinski definition) is 8. The lowest BCUT2D eigenvalue weighted by Gasteiger charge is -2.32. The SMILES string of the molecule is CS(=O)(=O)OC[C@H]1O[C@H](O)CC[C@@H]1OS(C)(=O)=O. The second kappa shape index (κ2) is 5.80. The van der Waals surface area contributed by atoms with E-state index in [2.05, 4.69) is 4.18 Å². The van der Waals surface area contributed by atoms with Gasteiger partial charge in [0, 0.05) is 6.42 Å². The zero-order chi connectivity index (χ0) is 14.0. The van der Waals surface area contributed by atoms with Crippen molar-refractivity contribution in [1.29, 1.82) is 0 Å². The average molecular weight is 304 g/mol. The van der Waals surface area contributed by atoms with E-state index in [4.69, 9.17) is 8.92 Å². The van der Waals surface area contributed by atoms with Crippen LogP contribution >= 0.6 is 0 Å². The van der Waals surface area contributed by atoms with Gasteiger partial charge in [-0.3, -0.25) is 8.37 Å². The molecule has 1 rings (SSSR count). The summed E-state index contributed by atoms with van der Waals surface area (Å²) < 4.78 is 58.1. The molecule has 0 spiro atoms. The Labute approximate surface area is 106 Å². The molecule has 10 heteroatoms. The summed E-state index contributed by atoms with van der Waals surface area (Å²) in [7, 11) is -7.37. The van der Waals surface area contributed by atoms with Crippen molar-refractivity contribution in [3.8, 4) is 0 Å². The lowest BCUT2D eigenvalue weighted by atomic mass is 10.1. The van der Waals surface area contributed by atoms with Crippen molar-refractivity contribution in [2.24, 2.45) is 0 Å². The molecule has 0 unspecified atom stereocenters. The van der Waals surface area contributed by atoms with Crippen LogP contribution in [0.1, 0.15) is 12.8 Å². The Bertz CT molecular complexity index is 467. The van der Waals surface area contributed by atoms with E-state index in [9.17, 15) is 21.9 Å². The number of rotatable bonds is 5. The minimum absolute atomic E-state index is 0.204. The molecular formula is C8H16O8S2. The number of aliphatic hydroxyl groups excluding tert-OH is 1. The molecule has 108 valence electrons. The van der Waals surface area contributed by atoms with Crippen LogP contribution in [0.2, 0.25) is 0 Å². The monoisotopic (exact) mass is 304 g/mol. The van der Waals surface area contributed by atoms with Crippen LogP contribution < -0.4 is 0 Å². The Morgan fingerprint density at radius 3 is 2.28 bits per heavy atom. The minimum Gasteiger partial charge on any atom is -0.368 e. The van der Waals surface area contributed by atoms with E-state index in [0.29, 0.717) is 0 Å². The van der Waals surface area contributed by atoms with Gasteiger partial charge in [0.15, 0.2) is 6.29 Å². The molecule has 0 aliphatic carbocycles. The van der Waals surface area contributed by atoms with E-state index < -0.39 is 45.3 Å². The van der Waals surface area contributed by atoms with Crippen molar-refractivity contribution in [1.82, 2.24) is 0 Å². The predicted molar refractivity (Wildman–Crippen MR) is 60.6 cm³/mol. The normalized spacial score (nSPS) is 30.3. The van der Waals surface area contributed by atoms with Crippen molar-refractivity contribution < 1.29 is 35.0 Å². The molecule has 1 aliphatic rings. The maximum atomic E-state index is 11.0. The summed E-state index contributed by atoms with van der Waals surface area (Å²) in [4.78, 5) is 0.